The van der Waals surface area contributed by atoms with Crippen molar-refractivity contribution >= 4 is 5.97 Å². The van der Waals surface area contributed by atoms with Crippen LogP contribution < -0.4 is 5.73 Å². The molecule has 0 aliphatic heterocycles. The summed E-state index contributed by atoms with van der Waals surface area (Å²) in [6, 6.07) is -0.469. The highest BCUT2D eigenvalue weighted by molar-refractivity contribution is 5.82. The molecule has 1 aromatic rings. The summed E-state index contributed by atoms with van der Waals surface area (Å²) in [6.45, 7) is 5.72. The number of carboxylic acids is 1. The number of hydrogen-bond acceptors (Lipinski definition) is 5. The van der Waals surface area contributed by atoms with Gasteiger partial charge in [-0.3, -0.25) is 0 Å². The second-order valence-electron chi connectivity index (χ2n) is 4.11. The summed E-state index contributed by atoms with van der Waals surface area (Å²) in [7, 11) is 0. The molecule has 78 valence electrons. The van der Waals surface area contributed by atoms with Crippen molar-refractivity contribution in [3.63, 3.8) is 0 Å². The van der Waals surface area contributed by atoms with Crippen LogP contribution in [0.25, 0.3) is 0 Å². The second-order valence-corrected chi connectivity index (χ2v) is 4.11. The van der Waals surface area contributed by atoms with Crippen LogP contribution in [-0.4, -0.2) is 21.2 Å². The van der Waals surface area contributed by atoms with E-state index in [0.29, 0.717) is 0 Å². The van der Waals surface area contributed by atoms with Gasteiger partial charge in [0.25, 0.3) is 5.82 Å². The molecule has 1 unspecified atom stereocenters. The molecule has 0 bridgehead atoms. The van der Waals surface area contributed by atoms with E-state index in [0.717, 1.165) is 0 Å². The quantitative estimate of drug-likeness (QED) is 0.730. The molecule has 3 N–H and O–H groups in total. The first-order valence-corrected chi connectivity index (χ1v) is 4.15. The van der Waals surface area contributed by atoms with Gasteiger partial charge in [0, 0.05) is 0 Å². The molecule has 6 nitrogen and oxygen atoms in total. The van der Waals surface area contributed by atoms with Gasteiger partial charge in [-0.2, -0.15) is 4.98 Å². The topological polar surface area (TPSA) is 102 Å². The lowest BCUT2D eigenvalue weighted by Gasteiger charge is -2.23. The number of aromatic carboxylic acids is 1. The Hall–Kier alpha value is -1.43. The molecule has 6 heteroatoms. The Bertz CT molecular complexity index is 340. The maximum Gasteiger partial charge on any atom is 0.377 e. The molecule has 0 aliphatic carbocycles. The van der Waals surface area contributed by atoms with Crippen molar-refractivity contribution in [2.75, 3.05) is 0 Å². The lowest BCUT2D eigenvalue weighted by atomic mass is 9.87. The van der Waals surface area contributed by atoms with Crippen LogP contribution in [0.2, 0.25) is 0 Å². The summed E-state index contributed by atoms with van der Waals surface area (Å²) >= 11 is 0. The molecule has 0 fully saturated rings. The van der Waals surface area contributed by atoms with E-state index >= 15 is 0 Å². The van der Waals surface area contributed by atoms with Crippen LogP contribution in [-0.2, 0) is 0 Å². The molecule has 1 rings (SSSR count). The smallest absolute Gasteiger partial charge is 0.377 e. The molecule has 1 aromatic heterocycles. The van der Waals surface area contributed by atoms with Gasteiger partial charge >= 0.3 is 5.97 Å². The SMILES string of the molecule is CC(C)(C)C(N)c1nc(C(=O)O)no1. The first kappa shape index (κ1) is 10.6. The number of carbonyl (C=O) groups is 1. The van der Waals surface area contributed by atoms with E-state index < -0.39 is 12.0 Å². The van der Waals surface area contributed by atoms with E-state index in [1.807, 2.05) is 20.8 Å². The van der Waals surface area contributed by atoms with E-state index in [2.05, 4.69) is 10.1 Å². The van der Waals surface area contributed by atoms with Gasteiger partial charge in [0.1, 0.15) is 0 Å². The van der Waals surface area contributed by atoms with Gasteiger partial charge < -0.3 is 15.4 Å². The van der Waals surface area contributed by atoms with E-state index in [9.17, 15) is 4.79 Å². The van der Waals surface area contributed by atoms with Crippen LogP contribution in [0.5, 0.6) is 0 Å². The summed E-state index contributed by atoms with van der Waals surface area (Å²) in [5, 5.41) is 11.8. The number of rotatable bonds is 2. The monoisotopic (exact) mass is 199 g/mol. The highest BCUT2D eigenvalue weighted by Gasteiger charge is 2.28. The maximum atomic E-state index is 10.5. The lowest BCUT2D eigenvalue weighted by molar-refractivity contribution is 0.0680. The first-order valence-electron chi connectivity index (χ1n) is 4.15. The van der Waals surface area contributed by atoms with Crippen LogP contribution in [0.15, 0.2) is 4.52 Å². The Balaban J connectivity index is 2.92. The van der Waals surface area contributed by atoms with Crippen molar-refractivity contribution in [1.29, 1.82) is 0 Å². The third-order valence-corrected chi connectivity index (χ3v) is 1.83. The number of nitrogens with two attached hydrogens (primary N) is 1. The molecule has 0 radical (unpaired) electrons. The molecule has 1 atom stereocenters. The Kier molecular flexibility index (Phi) is 2.57. The summed E-state index contributed by atoms with van der Waals surface area (Å²) in [4.78, 5) is 14.1. The molecule has 0 aliphatic rings. The number of nitrogens with zero attached hydrogens (tertiary/aromatic N) is 2. The van der Waals surface area contributed by atoms with E-state index in [4.69, 9.17) is 15.4 Å². The molecule has 0 amide bonds. The molecule has 14 heavy (non-hydrogen) atoms. The van der Waals surface area contributed by atoms with E-state index in [1.165, 1.54) is 0 Å². The predicted molar refractivity (Wildman–Crippen MR) is 47.6 cm³/mol. The van der Waals surface area contributed by atoms with Gasteiger partial charge in [0.15, 0.2) is 0 Å². The fourth-order valence-electron chi connectivity index (χ4n) is 0.819. The van der Waals surface area contributed by atoms with Crippen molar-refractivity contribution in [3.8, 4) is 0 Å². The van der Waals surface area contributed by atoms with Crippen LogP contribution in [0.3, 0.4) is 0 Å². The zero-order chi connectivity index (χ0) is 10.9. The van der Waals surface area contributed by atoms with Crippen molar-refractivity contribution in [2.24, 2.45) is 11.1 Å². The summed E-state index contributed by atoms with van der Waals surface area (Å²) in [5.41, 5.74) is 5.55. The molecular formula is C8H13N3O3. The first-order chi connectivity index (χ1) is 6.32. The van der Waals surface area contributed by atoms with Crippen molar-refractivity contribution in [1.82, 2.24) is 10.1 Å². The number of aromatic nitrogens is 2. The van der Waals surface area contributed by atoms with Crippen molar-refractivity contribution in [3.05, 3.63) is 11.7 Å². The van der Waals surface area contributed by atoms with Gasteiger partial charge in [-0.05, 0) is 10.6 Å². The third kappa shape index (κ3) is 2.08. The highest BCUT2D eigenvalue weighted by atomic mass is 16.5. The van der Waals surface area contributed by atoms with Gasteiger partial charge in [-0.25, -0.2) is 4.79 Å². The van der Waals surface area contributed by atoms with E-state index in [1.54, 1.807) is 0 Å². The molecule has 0 saturated heterocycles. The fraction of sp³-hybridized carbons (Fsp3) is 0.625. The minimum Gasteiger partial charge on any atom is -0.475 e. The van der Waals surface area contributed by atoms with Crippen LogP contribution in [0.4, 0.5) is 0 Å². The van der Waals surface area contributed by atoms with Crippen molar-refractivity contribution < 1.29 is 14.4 Å². The lowest BCUT2D eigenvalue weighted by Crippen LogP contribution is -2.26. The maximum absolute atomic E-state index is 10.5. The highest BCUT2D eigenvalue weighted by Crippen LogP contribution is 2.28. The second kappa shape index (κ2) is 3.38. The summed E-state index contributed by atoms with van der Waals surface area (Å²) < 4.78 is 4.75. The van der Waals surface area contributed by atoms with E-state index in [-0.39, 0.29) is 17.1 Å². The predicted octanol–water partition coefficient (Wildman–Crippen LogP) is 0.814. The fourth-order valence-corrected chi connectivity index (χ4v) is 0.819. The minimum atomic E-state index is -1.22. The zero-order valence-corrected chi connectivity index (χ0v) is 8.31. The van der Waals surface area contributed by atoms with Crippen LogP contribution in [0.1, 0.15) is 43.3 Å². The molecular weight excluding hydrogens is 186 g/mol. The summed E-state index contributed by atoms with van der Waals surface area (Å²) in [5.74, 6) is -1.43. The van der Waals surface area contributed by atoms with Crippen LogP contribution >= 0.6 is 0 Å². The Morgan fingerprint density at radius 2 is 2.14 bits per heavy atom. The Morgan fingerprint density at radius 1 is 1.57 bits per heavy atom. The third-order valence-electron chi connectivity index (χ3n) is 1.83. The van der Waals surface area contributed by atoms with Crippen molar-refractivity contribution in [2.45, 2.75) is 26.8 Å². The summed E-state index contributed by atoms with van der Waals surface area (Å²) in [6.07, 6.45) is 0. The largest absolute Gasteiger partial charge is 0.475 e. The van der Waals surface area contributed by atoms with Gasteiger partial charge in [-0.1, -0.05) is 20.8 Å². The van der Waals surface area contributed by atoms with Crippen LogP contribution in [0, 0.1) is 5.41 Å². The average molecular weight is 199 g/mol. The van der Waals surface area contributed by atoms with Gasteiger partial charge in [-0.15, -0.1) is 0 Å². The number of hydrogen-bond donors (Lipinski definition) is 2. The molecule has 0 saturated carbocycles. The zero-order valence-electron chi connectivity index (χ0n) is 8.31. The molecule has 0 spiro atoms. The minimum absolute atomic E-state index is 0.148. The number of carboxylic acid groups (broad SMARTS) is 1. The van der Waals surface area contributed by atoms with Gasteiger partial charge in [0.2, 0.25) is 5.89 Å². The Labute approximate surface area is 81.1 Å². The van der Waals surface area contributed by atoms with Gasteiger partial charge in [0.05, 0.1) is 6.04 Å². The average Bonchev–Trinajstić information content (AvgIpc) is 2.48. The Morgan fingerprint density at radius 3 is 2.50 bits per heavy atom. The normalized spacial score (nSPS) is 14.0. The molecule has 1 heterocycles. The molecule has 0 aromatic carbocycles. The standard InChI is InChI=1S/C8H13N3O3/c1-8(2,3)4(9)6-10-5(7(12)13)11-14-6/h4H,9H2,1-3H3,(H,12,13).